The van der Waals surface area contributed by atoms with Crippen molar-refractivity contribution in [1.82, 2.24) is 9.80 Å². The third-order valence-electron chi connectivity index (χ3n) is 4.91. The van der Waals surface area contributed by atoms with Crippen LogP contribution in [0.1, 0.15) is 26.3 Å². The first-order valence-corrected chi connectivity index (χ1v) is 10.4. The van der Waals surface area contributed by atoms with Crippen LogP contribution in [0, 0.1) is 0 Å². The monoisotopic (exact) mass is 452 g/mol. The molecule has 178 valence electrons. The number of aliphatic hydroxyl groups excluding tert-OH is 3. The lowest BCUT2D eigenvalue weighted by Gasteiger charge is -2.38. The standard InChI is InChI=1S/C22H32N2O8/c1-22(2,3)32-21(30)24-11-9-23(10-12-24)20(29)19(18(28)17(27)16(26)13-25)31-14-15-7-5-4-6-8-15/h4-8,13,16-19,26-28H,9-12,14H2,1-3H3/t16-,17-,18+,19-/m1/s1. The van der Waals surface area contributed by atoms with Crippen molar-refractivity contribution in [2.75, 3.05) is 26.2 Å². The van der Waals surface area contributed by atoms with Crippen molar-refractivity contribution in [3.05, 3.63) is 35.9 Å². The predicted octanol–water partition coefficient (Wildman–Crippen LogP) is -0.0673. The van der Waals surface area contributed by atoms with Crippen LogP contribution in [0.5, 0.6) is 0 Å². The highest BCUT2D eigenvalue weighted by Gasteiger charge is 2.39. The zero-order valence-electron chi connectivity index (χ0n) is 18.6. The minimum Gasteiger partial charge on any atom is -0.444 e. The summed E-state index contributed by atoms with van der Waals surface area (Å²) in [6, 6.07) is 8.92. The first kappa shape index (κ1) is 25.7. The molecule has 3 N–H and O–H groups in total. The molecule has 1 aliphatic heterocycles. The van der Waals surface area contributed by atoms with Gasteiger partial charge >= 0.3 is 6.09 Å². The molecule has 0 saturated carbocycles. The summed E-state index contributed by atoms with van der Waals surface area (Å²) in [7, 11) is 0. The van der Waals surface area contributed by atoms with Gasteiger partial charge in [-0.05, 0) is 26.3 Å². The molecule has 1 aromatic rings. The first-order chi connectivity index (χ1) is 15.0. The first-order valence-electron chi connectivity index (χ1n) is 10.4. The zero-order valence-corrected chi connectivity index (χ0v) is 18.6. The number of amides is 2. The molecule has 32 heavy (non-hydrogen) atoms. The second-order valence-corrected chi connectivity index (χ2v) is 8.62. The van der Waals surface area contributed by atoms with E-state index in [1.165, 1.54) is 9.80 Å². The minimum absolute atomic E-state index is 0.0317. The van der Waals surface area contributed by atoms with Crippen LogP contribution < -0.4 is 0 Å². The fraction of sp³-hybridized carbons (Fsp3) is 0.591. The van der Waals surface area contributed by atoms with Gasteiger partial charge in [0.25, 0.3) is 5.91 Å². The molecule has 10 nitrogen and oxygen atoms in total. The molecular formula is C22H32N2O8. The average Bonchev–Trinajstić information content (AvgIpc) is 2.77. The van der Waals surface area contributed by atoms with E-state index in [4.69, 9.17) is 9.47 Å². The highest BCUT2D eigenvalue weighted by Crippen LogP contribution is 2.17. The van der Waals surface area contributed by atoms with Gasteiger partial charge in [-0.1, -0.05) is 30.3 Å². The summed E-state index contributed by atoms with van der Waals surface area (Å²) in [6.45, 7) is 6.05. The van der Waals surface area contributed by atoms with E-state index in [1.807, 2.05) is 6.07 Å². The van der Waals surface area contributed by atoms with Crippen LogP contribution in [-0.2, 0) is 25.7 Å². The maximum Gasteiger partial charge on any atom is 0.410 e. The Labute approximate surface area is 187 Å². The maximum absolute atomic E-state index is 13.1. The number of hydrogen-bond donors (Lipinski definition) is 3. The molecule has 0 aromatic heterocycles. The normalized spacial score (nSPS) is 18.4. The summed E-state index contributed by atoms with van der Waals surface area (Å²) < 4.78 is 11.0. The van der Waals surface area contributed by atoms with E-state index in [9.17, 15) is 29.7 Å². The second-order valence-electron chi connectivity index (χ2n) is 8.62. The lowest BCUT2D eigenvalue weighted by atomic mass is 10.0. The van der Waals surface area contributed by atoms with E-state index in [0.29, 0.717) is 0 Å². The zero-order chi connectivity index (χ0) is 23.9. The Hall–Kier alpha value is -2.53. The SMILES string of the molecule is CC(C)(C)OC(=O)N1CCN(C(=O)[C@H](OCc2ccccc2)[C@@H](O)[C@H](O)[C@H](O)C=O)CC1. The summed E-state index contributed by atoms with van der Waals surface area (Å²) in [6.07, 6.45) is -7.54. The van der Waals surface area contributed by atoms with Crippen molar-refractivity contribution in [1.29, 1.82) is 0 Å². The number of aliphatic hydroxyl groups is 3. The Kier molecular flexibility index (Phi) is 9.14. The van der Waals surface area contributed by atoms with Crippen molar-refractivity contribution in [3.8, 4) is 0 Å². The highest BCUT2D eigenvalue weighted by atomic mass is 16.6. The van der Waals surface area contributed by atoms with Crippen LogP contribution >= 0.6 is 0 Å². The Bertz CT molecular complexity index is 759. The number of benzene rings is 1. The van der Waals surface area contributed by atoms with Gasteiger partial charge < -0.3 is 39.4 Å². The Balaban J connectivity index is 2.07. The average molecular weight is 453 g/mol. The number of ether oxygens (including phenoxy) is 2. The van der Waals surface area contributed by atoms with E-state index in [0.717, 1.165) is 5.56 Å². The number of nitrogens with zero attached hydrogens (tertiary/aromatic N) is 2. The van der Waals surface area contributed by atoms with Gasteiger partial charge in [-0.3, -0.25) is 4.79 Å². The Morgan fingerprint density at radius 3 is 2.09 bits per heavy atom. The molecule has 2 rings (SSSR count). The third-order valence-corrected chi connectivity index (χ3v) is 4.91. The van der Waals surface area contributed by atoms with Crippen molar-refractivity contribution in [3.63, 3.8) is 0 Å². The van der Waals surface area contributed by atoms with Crippen LogP contribution in [0.2, 0.25) is 0 Å². The predicted molar refractivity (Wildman–Crippen MR) is 113 cm³/mol. The van der Waals surface area contributed by atoms with E-state index in [1.54, 1.807) is 45.0 Å². The number of hydrogen-bond acceptors (Lipinski definition) is 8. The van der Waals surface area contributed by atoms with E-state index in [-0.39, 0.29) is 39.1 Å². The molecule has 10 heteroatoms. The number of aldehydes is 1. The molecule has 4 atom stereocenters. The fourth-order valence-corrected chi connectivity index (χ4v) is 3.15. The summed E-state index contributed by atoms with van der Waals surface area (Å²) in [4.78, 5) is 39.0. The molecule has 1 heterocycles. The molecule has 0 bridgehead atoms. The lowest BCUT2D eigenvalue weighted by molar-refractivity contribution is -0.168. The molecule has 0 unspecified atom stereocenters. The molecular weight excluding hydrogens is 420 g/mol. The maximum atomic E-state index is 13.1. The van der Waals surface area contributed by atoms with Gasteiger partial charge in [0.05, 0.1) is 6.61 Å². The van der Waals surface area contributed by atoms with Crippen molar-refractivity contribution >= 4 is 18.3 Å². The van der Waals surface area contributed by atoms with Crippen molar-refractivity contribution in [2.24, 2.45) is 0 Å². The topological polar surface area (TPSA) is 137 Å². The van der Waals surface area contributed by atoms with Crippen LogP contribution in [0.25, 0.3) is 0 Å². The third kappa shape index (κ3) is 7.27. The van der Waals surface area contributed by atoms with Crippen LogP contribution in [0.3, 0.4) is 0 Å². The molecule has 2 amide bonds. The number of piperazine rings is 1. The van der Waals surface area contributed by atoms with Gasteiger partial charge in [-0.2, -0.15) is 0 Å². The van der Waals surface area contributed by atoms with Gasteiger partial charge in [0, 0.05) is 26.2 Å². The highest BCUT2D eigenvalue weighted by molar-refractivity contribution is 5.82. The summed E-state index contributed by atoms with van der Waals surface area (Å²) in [5, 5.41) is 30.2. The van der Waals surface area contributed by atoms with Gasteiger partial charge in [-0.15, -0.1) is 0 Å². The summed E-state index contributed by atoms with van der Waals surface area (Å²) >= 11 is 0. The minimum atomic E-state index is -1.90. The largest absolute Gasteiger partial charge is 0.444 e. The van der Waals surface area contributed by atoms with Gasteiger partial charge in [-0.25, -0.2) is 4.79 Å². The lowest BCUT2D eigenvalue weighted by Crippen LogP contribution is -2.58. The van der Waals surface area contributed by atoms with E-state index < -0.39 is 42.0 Å². The molecule has 0 aliphatic carbocycles. The molecule has 1 aliphatic rings. The summed E-state index contributed by atoms with van der Waals surface area (Å²) in [5.74, 6) is -0.616. The van der Waals surface area contributed by atoms with E-state index >= 15 is 0 Å². The molecule has 1 aromatic carbocycles. The van der Waals surface area contributed by atoms with Gasteiger partial charge in [0.2, 0.25) is 0 Å². The summed E-state index contributed by atoms with van der Waals surface area (Å²) in [5.41, 5.74) is 0.0951. The number of rotatable bonds is 8. The fourth-order valence-electron chi connectivity index (χ4n) is 3.15. The molecule has 0 radical (unpaired) electrons. The smallest absolute Gasteiger partial charge is 0.410 e. The van der Waals surface area contributed by atoms with E-state index in [2.05, 4.69) is 0 Å². The number of carbonyl (C=O) groups is 3. The molecule has 0 spiro atoms. The Morgan fingerprint density at radius 1 is 1.00 bits per heavy atom. The second kappa shape index (κ2) is 11.4. The van der Waals surface area contributed by atoms with Crippen LogP contribution in [0.15, 0.2) is 30.3 Å². The van der Waals surface area contributed by atoms with Gasteiger partial charge in [0.1, 0.15) is 23.9 Å². The number of carbonyl (C=O) groups excluding carboxylic acids is 3. The van der Waals surface area contributed by atoms with Crippen LogP contribution in [-0.4, -0.2) is 99.6 Å². The van der Waals surface area contributed by atoms with Crippen molar-refractivity contribution in [2.45, 2.75) is 57.4 Å². The van der Waals surface area contributed by atoms with Crippen molar-refractivity contribution < 1.29 is 39.2 Å². The van der Waals surface area contributed by atoms with Crippen LogP contribution in [0.4, 0.5) is 4.79 Å². The molecule has 1 saturated heterocycles. The Morgan fingerprint density at radius 2 is 1.56 bits per heavy atom. The molecule has 1 fully saturated rings. The quantitative estimate of drug-likeness (QED) is 0.467. The van der Waals surface area contributed by atoms with Gasteiger partial charge in [0.15, 0.2) is 12.4 Å².